The third-order valence-corrected chi connectivity index (χ3v) is 4.22. The summed E-state index contributed by atoms with van der Waals surface area (Å²) in [5, 5.41) is 0. The lowest BCUT2D eigenvalue weighted by atomic mass is 9.96. The summed E-state index contributed by atoms with van der Waals surface area (Å²) < 4.78 is 13.8. The quantitative estimate of drug-likeness (QED) is 0.875. The first kappa shape index (κ1) is 16.2. The molecule has 0 saturated carbocycles. The molecule has 0 bridgehead atoms. The van der Waals surface area contributed by atoms with Crippen LogP contribution in [0.15, 0.2) is 24.3 Å². The zero-order valence-electron chi connectivity index (χ0n) is 13.3. The molecule has 2 rings (SSSR count). The molecule has 1 aliphatic heterocycles. The van der Waals surface area contributed by atoms with Gasteiger partial charge < -0.3 is 10.6 Å². The molecule has 1 aliphatic rings. The highest BCUT2D eigenvalue weighted by molar-refractivity contribution is 5.47. The van der Waals surface area contributed by atoms with Gasteiger partial charge in [0.2, 0.25) is 0 Å². The van der Waals surface area contributed by atoms with Gasteiger partial charge in [0, 0.05) is 32.7 Å². The summed E-state index contributed by atoms with van der Waals surface area (Å²) in [5.74, 6) is 1.15. The van der Waals surface area contributed by atoms with E-state index in [1.165, 1.54) is 12.5 Å². The third kappa shape index (κ3) is 4.68. The number of hydrogen-bond acceptors (Lipinski definition) is 3. The minimum atomic E-state index is -0.120. The second kappa shape index (κ2) is 7.76. The predicted octanol–water partition coefficient (Wildman–Crippen LogP) is 2.57. The SMILES string of the molecule is CC(C)CC(CN)CN1CCN(c2ccccc2F)CC1. The van der Waals surface area contributed by atoms with Gasteiger partial charge in [0.25, 0.3) is 0 Å². The van der Waals surface area contributed by atoms with E-state index in [2.05, 4.69) is 23.6 Å². The van der Waals surface area contributed by atoms with Crippen LogP contribution in [0.2, 0.25) is 0 Å². The van der Waals surface area contributed by atoms with Crippen molar-refractivity contribution in [1.29, 1.82) is 0 Å². The zero-order chi connectivity index (χ0) is 15.2. The van der Waals surface area contributed by atoms with Gasteiger partial charge in [-0.3, -0.25) is 4.90 Å². The second-order valence-electron chi connectivity index (χ2n) is 6.47. The molecule has 0 amide bonds. The second-order valence-corrected chi connectivity index (χ2v) is 6.47. The molecule has 118 valence electrons. The van der Waals surface area contributed by atoms with Crippen LogP contribution in [0.4, 0.5) is 10.1 Å². The lowest BCUT2D eigenvalue weighted by molar-refractivity contribution is 0.206. The van der Waals surface area contributed by atoms with Gasteiger partial charge in [0.05, 0.1) is 5.69 Å². The summed E-state index contributed by atoms with van der Waals surface area (Å²) in [6, 6.07) is 7.05. The molecule has 0 radical (unpaired) electrons. The van der Waals surface area contributed by atoms with Crippen LogP contribution in [-0.2, 0) is 0 Å². The summed E-state index contributed by atoms with van der Waals surface area (Å²) in [6.45, 7) is 10.1. The Kier molecular flexibility index (Phi) is 6.00. The summed E-state index contributed by atoms with van der Waals surface area (Å²) in [5.41, 5.74) is 6.62. The molecule has 1 heterocycles. The van der Waals surface area contributed by atoms with E-state index in [1.54, 1.807) is 6.07 Å². The van der Waals surface area contributed by atoms with E-state index in [4.69, 9.17) is 5.73 Å². The molecule has 2 N–H and O–H groups in total. The molecule has 1 unspecified atom stereocenters. The Morgan fingerprint density at radius 2 is 1.81 bits per heavy atom. The summed E-state index contributed by atoms with van der Waals surface area (Å²) in [7, 11) is 0. The topological polar surface area (TPSA) is 32.5 Å². The fourth-order valence-electron chi connectivity index (χ4n) is 3.16. The fourth-order valence-corrected chi connectivity index (χ4v) is 3.16. The number of hydrogen-bond donors (Lipinski definition) is 1. The number of nitrogens with zero attached hydrogens (tertiary/aromatic N) is 2. The van der Waals surface area contributed by atoms with Crippen LogP contribution in [0.3, 0.4) is 0 Å². The first-order valence-corrected chi connectivity index (χ1v) is 8.02. The van der Waals surface area contributed by atoms with Crippen LogP contribution in [-0.4, -0.2) is 44.2 Å². The molecule has 21 heavy (non-hydrogen) atoms. The Balaban J connectivity index is 1.84. The number of piperazine rings is 1. The summed E-state index contributed by atoms with van der Waals surface area (Å²) in [6.07, 6.45) is 1.18. The van der Waals surface area contributed by atoms with Crippen molar-refractivity contribution >= 4 is 5.69 Å². The highest BCUT2D eigenvalue weighted by atomic mass is 19.1. The maximum absolute atomic E-state index is 13.8. The lowest BCUT2D eigenvalue weighted by Crippen LogP contribution is -2.48. The molecule has 0 aliphatic carbocycles. The summed E-state index contributed by atoms with van der Waals surface area (Å²) in [4.78, 5) is 4.61. The van der Waals surface area contributed by atoms with Crippen molar-refractivity contribution in [3.8, 4) is 0 Å². The van der Waals surface area contributed by atoms with Gasteiger partial charge in [-0.2, -0.15) is 0 Å². The normalized spacial score (nSPS) is 18.2. The van der Waals surface area contributed by atoms with Gasteiger partial charge >= 0.3 is 0 Å². The van der Waals surface area contributed by atoms with E-state index in [-0.39, 0.29) is 5.82 Å². The molecule has 0 spiro atoms. The van der Waals surface area contributed by atoms with E-state index in [0.29, 0.717) is 11.8 Å². The number of anilines is 1. The van der Waals surface area contributed by atoms with E-state index >= 15 is 0 Å². The highest BCUT2D eigenvalue weighted by Gasteiger charge is 2.21. The van der Waals surface area contributed by atoms with Crippen molar-refractivity contribution in [2.24, 2.45) is 17.6 Å². The van der Waals surface area contributed by atoms with Crippen LogP contribution in [0.1, 0.15) is 20.3 Å². The van der Waals surface area contributed by atoms with Crippen molar-refractivity contribution < 1.29 is 4.39 Å². The number of rotatable bonds is 6. The predicted molar refractivity (Wildman–Crippen MR) is 87.1 cm³/mol. The van der Waals surface area contributed by atoms with Crippen LogP contribution in [0, 0.1) is 17.7 Å². The number of nitrogens with two attached hydrogens (primary N) is 1. The number of benzene rings is 1. The molecule has 0 aromatic heterocycles. The monoisotopic (exact) mass is 293 g/mol. The van der Waals surface area contributed by atoms with Crippen molar-refractivity contribution in [1.82, 2.24) is 4.90 Å². The van der Waals surface area contributed by atoms with E-state index in [0.717, 1.165) is 45.0 Å². The molecule has 1 aromatic carbocycles. The van der Waals surface area contributed by atoms with Gasteiger partial charge in [-0.15, -0.1) is 0 Å². The Labute approximate surface area is 127 Å². The Morgan fingerprint density at radius 3 is 2.38 bits per heavy atom. The molecule has 4 heteroatoms. The van der Waals surface area contributed by atoms with E-state index < -0.39 is 0 Å². The highest BCUT2D eigenvalue weighted by Crippen LogP contribution is 2.21. The van der Waals surface area contributed by atoms with Gasteiger partial charge in [0.1, 0.15) is 5.82 Å². The van der Waals surface area contributed by atoms with Gasteiger partial charge in [0.15, 0.2) is 0 Å². The Hall–Kier alpha value is -1.13. The first-order valence-electron chi connectivity index (χ1n) is 8.02. The average Bonchev–Trinajstić information content (AvgIpc) is 2.47. The summed E-state index contributed by atoms with van der Waals surface area (Å²) >= 11 is 0. The Morgan fingerprint density at radius 1 is 1.14 bits per heavy atom. The van der Waals surface area contributed by atoms with Crippen molar-refractivity contribution in [2.75, 3.05) is 44.2 Å². The largest absolute Gasteiger partial charge is 0.367 e. The molecule has 3 nitrogen and oxygen atoms in total. The van der Waals surface area contributed by atoms with E-state index in [9.17, 15) is 4.39 Å². The maximum Gasteiger partial charge on any atom is 0.146 e. The smallest absolute Gasteiger partial charge is 0.146 e. The Bertz CT molecular complexity index is 428. The minimum Gasteiger partial charge on any atom is -0.367 e. The molecule has 1 fully saturated rings. The van der Waals surface area contributed by atoms with Crippen LogP contribution in [0.25, 0.3) is 0 Å². The maximum atomic E-state index is 13.8. The number of halogens is 1. The van der Waals surface area contributed by atoms with E-state index in [1.807, 2.05) is 12.1 Å². The molecule has 1 aromatic rings. The molecule has 1 saturated heterocycles. The number of para-hydroxylation sites is 1. The average molecular weight is 293 g/mol. The van der Waals surface area contributed by atoms with Crippen LogP contribution in [0.5, 0.6) is 0 Å². The van der Waals surface area contributed by atoms with Crippen LogP contribution < -0.4 is 10.6 Å². The minimum absolute atomic E-state index is 0.120. The van der Waals surface area contributed by atoms with Gasteiger partial charge in [-0.05, 0) is 36.9 Å². The van der Waals surface area contributed by atoms with Crippen LogP contribution >= 0.6 is 0 Å². The van der Waals surface area contributed by atoms with Gasteiger partial charge in [-0.25, -0.2) is 4.39 Å². The molecular weight excluding hydrogens is 265 g/mol. The zero-order valence-corrected chi connectivity index (χ0v) is 13.3. The molecule has 1 atom stereocenters. The van der Waals surface area contributed by atoms with Crippen molar-refractivity contribution in [3.05, 3.63) is 30.1 Å². The first-order chi connectivity index (χ1) is 10.1. The van der Waals surface area contributed by atoms with Crippen molar-refractivity contribution in [2.45, 2.75) is 20.3 Å². The molecular formula is C17H28FN3. The third-order valence-electron chi connectivity index (χ3n) is 4.22. The van der Waals surface area contributed by atoms with Crippen molar-refractivity contribution in [3.63, 3.8) is 0 Å². The fraction of sp³-hybridized carbons (Fsp3) is 0.647. The van der Waals surface area contributed by atoms with Gasteiger partial charge in [-0.1, -0.05) is 26.0 Å². The lowest BCUT2D eigenvalue weighted by Gasteiger charge is -2.37. The standard InChI is InChI=1S/C17H28FN3/c1-14(2)11-15(12-19)13-20-7-9-21(10-8-20)17-6-4-3-5-16(17)18/h3-6,14-15H,7-13,19H2,1-2H3.